The smallest absolute Gasteiger partial charge is 0.229 e. The largest absolute Gasteiger partial charge is 0.279 e. The topological polar surface area (TPSA) is 37.4 Å². The van der Waals surface area contributed by atoms with Crippen molar-refractivity contribution in [3.05, 3.63) is 61.2 Å². The zero-order valence-electron chi connectivity index (χ0n) is 12.6. The van der Waals surface area contributed by atoms with E-state index in [1.165, 1.54) is 11.8 Å². The van der Waals surface area contributed by atoms with E-state index in [0.29, 0.717) is 25.7 Å². The molecule has 0 aliphatic carbocycles. The lowest BCUT2D eigenvalue weighted by molar-refractivity contribution is -0.146. The molecule has 1 aromatic rings. The van der Waals surface area contributed by atoms with E-state index in [4.69, 9.17) is 0 Å². The van der Waals surface area contributed by atoms with Crippen LogP contribution in [0.15, 0.2) is 55.6 Å². The van der Waals surface area contributed by atoms with Crippen molar-refractivity contribution in [3.63, 3.8) is 0 Å². The number of allylic oxidation sites excluding steroid dienone is 1. The van der Waals surface area contributed by atoms with Crippen LogP contribution < -0.4 is 0 Å². The van der Waals surface area contributed by atoms with Gasteiger partial charge in [-0.1, -0.05) is 42.5 Å². The summed E-state index contributed by atoms with van der Waals surface area (Å²) in [5.41, 5.74) is 1.10. The summed E-state index contributed by atoms with van der Waals surface area (Å²) in [6.45, 7) is 8.79. The molecule has 1 atom stereocenters. The normalized spacial score (nSPS) is 11.5. The van der Waals surface area contributed by atoms with Crippen LogP contribution in [0, 0.1) is 0 Å². The number of benzene rings is 1. The standard InChI is InChI=1S/C18H23NO2/c1-4-6-13-18(21)19(15(3)20)17(10-5-2)14-16-11-8-7-9-12-16/h4-5,7-9,11-12,17H,1-2,6,10,13-14H2,3H3/t17-/m1/s1. The molecule has 21 heavy (non-hydrogen) atoms. The maximum Gasteiger partial charge on any atom is 0.229 e. The van der Waals surface area contributed by atoms with Crippen molar-refractivity contribution in [2.45, 2.75) is 38.6 Å². The van der Waals surface area contributed by atoms with Crippen LogP contribution in [0.25, 0.3) is 0 Å². The summed E-state index contributed by atoms with van der Waals surface area (Å²) in [7, 11) is 0. The van der Waals surface area contributed by atoms with E-state index in [0.717, 1.165) is 5.56 Å². The Morgan fingerprint density at radius 1 is 1.19 bits per heavy atom. The first-order valence-corrected chi connectivity index (χ1v) is 7.18. The number of carbonyl (C=O) groups excluding carboxylic acids is 2. The van der Waals surface area contributed by atoms with Crippen molar-refractivity contribution in [1.82, 2.24) is 4.90 Å². The summed E-state index contributed by atoms with van der Waals surface area (Å²) in [6, 6.07) is 9.69. The number of amides is 2. The molecule has 0 saturated heterocycles. The summed E-state index contributed by atoms with van der Waals surface area (Å²) in [4.78, 5) is 25.5. The highest BCUT2D eigenvalue weighted by molar-refractivity contribution is 5.94. The van der Waals surface area contributed by atoms with Crippen LogP contribution in [0.4, 0.5) is 0 Å². The van der Waals surface area contributed by atoms with Crippen LogP contribution in [0.1, 0.15) is 31.7 Å². The Morgan fingerprint density at radius 3 is 2.38 bits per heavy atom. The molecule has 0 radical (unpaired) electrons. The Kier molecular flexibility index (Phi) is 7.16. The van der Waals surface area contributed by atoms with E-state index in [1.54, 1.807) is 12.2 Å². The molecule has 112 valence electrons. The van der Waals surface area contributed by atoms with Gasteiger partial charge >= 0.3 is 0 Å². The molecule has 1 aromatic carbocycles. The third-order valence-electron chi connectivity index (χ3n) is 3.29. The van der Waals surface area contributed by atoms with Crippen LogP contribution in [-0.4, -0.2) is 22.8 Å². The number of nitrogens with zero attached hydrogens (tertiary/aromatic N) is 1. The van der Waals surface area contributed by atoms with Crippen molar-refractivity contribution in [2.24, 2.45) is 0 Å². The zero-order valence-corrected chi connectivity index (χ0v) is 12.6. The van der Waals surface area contributed by atoms with E-state index < -0.39 is 0 Å². The molecule has 2 amide bonds. The van der Waals surface area contributed by atoms with Crippen LogP contribution in [0.3, 0.4) is 0 Å². The first-order valence-electron chi connectivity index (χ1n) is 7.18. The van der Waals surface area contributed by atoms with Gasteiger partial charge in [-0.25, -0.2) is 0 Å². The molecule has 0 saturated carbocycles. The Hall–Kier alpha value is -2.16. The van der Waals surface area contributed by atoms with Crippen molar-refractivity contribution in [2.75, 3.05) is 0 Å². The van der Waals surface area contributed by atoms with Crippen molar-refractivity contribution < 1.29 is 9.59 Å². The second-order valence-corrected chi connectivity index (χ2v) is 4.98. The maximum atomic E-state index is 12.3. The lowest BCUT2D eigenvalue weighted by Gasteiger charge is -2.29. The monoisotopic (exact) mass is 285 g/mol. The molecule has 0 N–H and O–H groups in total. The van der Waals surface area contributed by atoms with Crippen LogP contribution in [-0.2, 0) is 16.0 Å². The highest BCUT2D eigenvalue weighted by atomic mass is 16.2. The molecule has 0 heterocycles. The van der Waals surface area contributed by atoms with Gasteiger partial charge in [0.2, 0.25) is 11.8 Å². The second kappa shape index (κ2) is 8.90. The van der Waals surface area contributed by atoms with E-state index >= 15 is 0 Å². The first kappa shape index (κ1) is 16.9. The molecule has 3 nitrogen and oxygen atoms in total. The SMILES string of the molecule is C=CCCC(=O)N(C(C)=O)[C@H](CC=C)Cc1ccccc1. The Labute approximate surface area is 127 Å². The predicted molar refractivity (Wildman–Crippen MR) is 85.7 cm³/mol. The summed E-state index contributed by atoms with van der Waals surface area (Å²) >= 11 is 0. The quantitative estimate of drug-likeness (QED) is 0.685. The van der Waals surface area contributed by atoms with Gasteiger partial charge in [-0.2, -0.15) is 0 Å². The highest BCUT2D eigenvalue weighted by Gasteiger charge is 2.26. The van der Waals surface area contributed by atoms with Gasteiger partial charge in [-0.15, -0.1) is 13.2 Å². The van der Waals surface area contributed by atoms with Crippen molar-refractivity contribution in [3.8, 4) is 0 Å². The number of rotatable bonds is 8. The van der Waals surface area contributed by atoms with Gasteiger partial charge in [0.05, 0.1) is 0 Å². The van der Waals surface area contributed by atoms with E-state index in [1.807, 2.05) is 30.3 Å². The molecule has 0 aliphatic heterocycles. The molecule has 0 aliphatic rings. The van der Waals surface area contributed by atoms with Gasteiger partial charge in [0.25, 0.3) is 0 Å². The summed E-state index contributed by atoms with van der Waals surface area (Å²) in [6.07, 6.45) is 5.57. The van der Waals surface area contributed by atoms with E-state index in [9.17, 15) is 9.59 Å². The van der Waals surface area contributed by atoms with E-state index in [2.05, 4.69) is 13.2 Å². The molecule has 1 rings (SSSR count). The third kappa shape index (κ3) is 5.38. The van der Waals surface area contributed by atoms with E-state index in [-0.39, 0.29) is 17.9 Å². The minimum atomic E-state index is -0.216. The average molecular weight is 285 g/mol. The maximum absolute atomic E-state index is 12.3. The fourth-order valence-corrected chi connectivity index (χ4v) is 2.34. The lowest BCUT2D eigenvalue weighted by Crippen LogP contribution is -2.44. The molecule has 0 unspecified atom stereocenters. The molecular weight excluding hydrogens is 262 g/mol. The molecular formula is C18H23NO2. The third-order valence-corrected chi connectivity index (χ3v) is 3.29. The second-order valence-electron chi connectivity index (χ2n) is 4.98. The Morgan fingerprint density at radius 2 is 1.86 bits per heavy atom. The molecule has 3 heteroatoms. The molecule has 0 fully saturated rings. The summed E-state index contributed by atoms with van der Waals surface area (Å²) in [5, 5.41) is 0. The van der Waals surface area contributed by atoms with Gasteiger partial charge in [-0.3, -0.25) is 14.5 Å². The van der Waals surface area contributed by atoms with Crippen LogP contribution in [0.5, 0.6) is 0 Å². The van der Waals surface area contributed by atoms with Gasteiger partial charge in [0, 0.05) is 19.4 Å². The first-order chi connectivity index (χ1) is 10.1. The van der Waals surface area contributed by atoms with Gasteiger partial charge < -0.3 is 0 Å². The fraction of sp³-hybridized carbons (Fsp3) is 0.333. The van der Waals surface area contributed by atoms with Gasteiger partial charge in [0.15, 0.2) is 0 Å². The average Bonchev–Trinajstić information content (AvgIpc) is 2.46. The minimum Gasteiger partial charge on any atom is -0.279 e. The number of hydrogen-bond donors (Lipinski definition) is 0. The highest BCUT2D eigenvalue weighted by Crippen LogP contribution is 2.15. The van der Waals surface area contributed by atoms with Crippen molar-refractivity contribution in [1.29, 1.82) is 0 Å². The molecule has 0 bridgehead atoms. The fourth-order valence-electron chi connectivity index (χ4n) is 2.34. The Bertz CT molecular complexity index is 493. The summed E-state index contributed by atoms with van der Waals surface area (Å²) in [5.74, 6) is -0.364. The summed E-state index contributed by atoms with van der Waals surface area (Å²) < 4.78 is 0. The zero-order chi connectivity index (χ0) is 15.7. The van der Waals surface area contributed by atoms with Gasteiger partial charge in [-0.05, 0) is 24.8 Å². The number of carbonyl (C=O) groups is 2. The molecule has 0 spiro atoms. The number of imide groups is 1. The number of hydrogen-bond acceptors (Lipinski definition) is 2. The Balaban J connectivity index is 2.91. The van der Waals surface area contributed by atoms with Crippen LogP contribution in [0.2, 0.25) is 0 Å². The van der Waals surface area contributed by atoms with Crippen molar-refractivity contribution >= 4 is 11.8 Å². The predicted octanol–water partition coefficient (Wildman–Crippen LogP) is 3.52. The lowest BCUT2D eigenvalue weighted by atomic mass is 10.0. The minimum absolute atomic E-state index is 0.148. The van der Waals surface area contributed by atoms with Gasteiger partial charge in [0.1, 0.15) is 0 Å². The molecule has 0 aromatic heterocycles. The van der Waals surface area contributed by atoms with Crippen LogP contribution >= 0.6 is 0 Å².